The second-order valence-corrected chi connectivity index (χ2v) is 5.31. The van der Waals surface area contributed by atoms with Gasteiger partial charge in [-0.2, -0.15) is 0 Å². The summed E-state index contributed by atoms with van der Waals surface area (Å²) in [4.78, 5) is 11.6. The van der Waals surface area contributed by atoms with E-state index in [4.69, 9.17) is 16.3 Å². The van der Waals surface area contributed by atoms with Gasteiger partial charge in [-0.3, -0.25) is 10.1 Å². The molecule has 2 rings (SSSR count). The van der Waals surface area contributed by atoms with Crippen LogP contribution in [0.25, 0.3) is 0 Å². The Kier molecular flexibility index (Phi) is 4.31. The maximum absolute atomic E-state index is 11.6. The van der Waals surface area contributed by atoms with Crippen molar-refractivity contribution >= 4 is 29.3 Å². The second kappa shape index (κ2) is 5.76. The molecule has 1 heterocycles. The molecule has 0 aromatic heterocycles. The quantitative estimate of drug-likeness (QED) is 0.858. The van der Waals surface area contributed by atoms with Crippen LogP contribution in [0.1, 0.15) is 17.9 Å². The van der Waals surface area contributed by atoms with Crippen LogP contribution < -0.4 is 5.32 Å². The molecule has 5 heteroatoms. The fraction of sp³-hybridized carbons (Fsp3) is 0.417. The average Bonchev–Trinajstić information content (AvgIpc) is 2.80. The number of esters is 1. The topological polar surface area (TPSA) is 38.3 Å². The number of rotatable bonds is 3. The molecule has 2 atom stereocenters. The summed E-state index contributed by atoms with van der Waals surface area (Å²) < 4.78 is 4.99. The summed E-state index contributed by atoms with van der Waals surface area (Å²) in [7, 11) is 0. The van der Waals surface area contributed by atoms with Crippen molar-refractivity contribution in [3.05, 3.63) is 34.9 Å². The van der Waals surface area contributed by atoms with Gasteiger partial charge in [0.2, 0.25) is 0 Å². The molecule has 1 saturated heterocycles. The first kappa shape index (κ1) is 12.7. The van der Waals surface area contributed by atoms with E-state index in [-0.39, 0.29) is 17.4 Å². The van der Waals surface area contributed by atoms with E-state index in [1.165, 1.54) is 0 Å². The number of ether oxygens (including phenoxy) is 1. The van der Waals surface area contributed by atoms with Crippen molar-refractivity contribution in [2.45, 2.75) is 18.3 Å². The third-order valence-corrected chi connectivity index (χ3v) is 4.05. The zero-order valence-electron chi connectivity index (χ0n) is 9.48. The molecule has 1 aliphatic heterocycles. The van der Waals surface area contributed by atoms with Gasteiger partial charge in [-0.05, 0) is 24.6 Å². The maximum atomic E-state index is 11.6. The third-order valence-electron chi connectivity index (χ3n) is 2.53. The predicted molar refractivity (Wildman–Crippen MR) is 70.2 cm³/mol. The van der Waals surface area contributed by atoms with Crippen LogP contribution in [-0.2, 0) is 9.53 Å². The van der Waals surface area contributed by atoms with E-state index in [1.54, 1.807) is 11.8 Å². The standard InChI is InChI=1S/C12H14ClNO2S/c1-2-16-12(15)10-7-17-11(14-10)8-3-5-9(13)6-4-8/h3-6,10-11,14H,2,7H2,1H3. The normalized spacial score (nSPS) is 23.6. The molecule has 0 saturated carbocycles. The summed E-state index contributed by atoms with van der Waals surface area (Å²) >= 11 is 7.55. The van der Waals surface area contributed by atoms with Gasteiger partial charge in [-0.15, -0.1) is 11.8 Å². The molecule has 1 aliphatic rings. The monoisotopic (exact) mass is 271 g/mol. The Bertz CT molecular complexity index is 396. The van der Waals surface area contributed by atoms with Gasteiger partial charge in [-0.1, -0.05) is 23.7 Å². The van der Waals surface area contributed by atoms with Crippen molar-refractivity contribution in [3.8, 4) is 0 Å². The highest BCUT2D eigenvalue weighted by molar-refractivity contribution is 7.99. The first-order valence-corrected chi connectivity index (χ1v) is 6.93. The first-order chi connectivity index (χ1) is 8.20. The lowest BCUT2D eigenvalue weighted by Gasteiger charge is -2.12. The highest BCUT2D eigenvalue weighted by atomic mass is 35.5. The predicted octanol–water partition coefficient (Wildman–Crippen LogP) is 2.61. The zero-order chi connectivity index (χ0) is 12.3. The van der Waals surface area contributed by atoms with Gasteiger partial charge >= 0.3 is 5.97 Å². The molecule has 2 unspecified atom stereocenters. The Labute approximate surface area is 110 Å². The first-order valence-electron chi connectivity index (χ1n) is 5.50. The Morgan fingerprint density at radius 2 is 2.24 bits per heavy atom. The minimum Gasteiger partial charge on any atom is -0.465 e. The molecule has 0 spiro atoms. The second-order valence-electron chi connectivity index (χ2n) is 3.74. The van der Waals surface area contributed by atoms with Crippen LogP contribution in [0.5, 0.6) is 0 Å². The fourth-order valence-corrected chi connectivity index (χ4v) is 3.03. The Balaban J connectivity index is 1.98. The van der Waals surface area contributed by atoms with E-state index < -0.39 is 0 Å². The fourth-order valence-electron chi connectivity index (χ4n) is 1.68. The van der Waals surface area contributed by atoms with Gasteiger partial charge in [-0.25, -0.2) is 0 Å². The van der Waals surface area contributed by atoms with Crippen molar-refractivity contribution in [1.29, 1.82) is 0 Å². The van der Waals surface area contributed by atoms with Gasteiger partial charge in [0, 0.05) is 10.8 Å². The van der Waals surface area contributed by atoms with Gasteiger partial charge < -0.3 is 4.74 Å². The zero-order valence-corrected chi connectivity index (χ0v) is 11.1. The van der Waals surface area contributed by atoms with E-state index in [2.05, 4.69) is 5.32 Å². The molecule has 17 heavy (non-hydrogen) atoms. The minimum absolute atomic E-state index is 0.140. The lowest BCUT2D eigenvalue weighted by molar-refractivity contribution is -0.144. The van der Waals surface area contributed by atoms with Crippen molar-refractivity contribution in [1.82, 2.24) is 5.32 Å². The van der Waals surface area contributed by atoms with Crippen LogP contribution in [-0.4, -0.2) is 24.4 Å². The molecule has 92 valence electrons. The Morgan fingerprint density at radius 3 is 2.88 bits per heavy atom. The minimum atomic E-state index is -0.208. The molecular weight excluding hydrogens is 258 g/mol. The Morgan fingerprint density at radius 1 is 1.53 bits per heavy atom. The summed E-state index contributed by atoms with van der Waals surface area (Å²) in [6.45, 7) is 2.24. The lowest BCUT2D eigenvalue weighted by Crippen LogP contribution is -2.35. The van der Waals surface area contributed by atoms with E-state index in [0.717, 1.165) is 16.3 Å². The lowest BCUT2D eigenvalue weighted by atomic mass is 10.2. The average molecular weight is 272 g/mol. The van der Waals surface area contributed by atoms with Crippen molar-refractivity contribution in [3.63, 3.8) is 0 Å². The van der Waals surface area contributed by atoms with E-state index in [0.29, 0.717) is 6.61 Å². The summed E-state index contributed by atoms with van der Waals surface area (Å²) in [5.74, 6) is 0.572. The molecule has 1 N–H and O–H groups in total. The number of carbonyl (C=O) groups excluding carboxylic acids is 1. The molecule has 1 aromatic carbocycles. The van der Waals surface area contributed by atoms with Gasteiger partial charge in [0.05, 0.1) is 12.0 Å². The third kappa shape index (κ3) is 3.15. The number of hydrogen-bond acceptors (Lipinski definition) is 4. The smallest absolute Gasteiger partial charge is 0.324 e. The van der Waals surface area contributed by atoms with Crippen LogP contribution in [0.4, 0.5) is 0 Å². The highest BCUT2D eigenvalue weighted by Gasteiger charge is 2.31. The largest absolute Gasteiger partial charge is 0.465 e. The van der Waals surface area contributed by atoms with E-state index in [1.807, 2.05) is 31.2 Å². The van der Waals surface area contributed by atoms with Crippen LogP contribution in [0, 0.1) is 0 Å². The van der Waals surface area contributed by atoms with Crippen LogP contribution in [0.3, 0.4) is 0 Å². The van der Waals surface area contributed by atoms with Crippen LogP contribution in [0.15, 0.2) is 24.3 Å². The van der Waals surface area contributed by atoms with Gasteiger partial charge in [0.25, 0.3) is 0 Å². The summed E-state index contributed by atoms with van der Waals surface area (Å²) in [6, 6.07) is 7.45. The maximum Gasteiger partial charge on any atom is 0.324 e. The van der Waals surface area contributed by atoms with Crippen molar-refractivity contribution in [2.75, 3.05) is 12.4 Å². The van der Waals surface area contributed by atoms with Crippen molar-refractivity contribution < 1.29 is 9.53 Å². The summed E-state index contributed by atoms with van der Waals surface area (Å²) in [5, 5.41) is 4.12. The molecule has 1 aromatic rings. The summed E-state index contributed by atoms with van der Waals surface area (Å²) in [5.41, 5.74) is 1.13. The Hall–Kier alpha value is -0.710. The van der Waals surface area contributed by atoms with Crippen LogP contribution >= 0.6 is 23.4 Å². The number of benzene rings is 1. The molecule has 0 amide bonds. The summed E-state index contributed by atoms with van der Waals surface area (Å²) in [6.07, 6.45) is 0. The number of thioether (sulfide) groups is 1. The van der Waals surface area contributed by atoms with E-state index >= 15 is 0 Å². The molecule has 0 bridgehead atoms. The van der Waals surface area contributed by atoms with Crippen molar-refractivity contribution in [2.24, 2.45) is 0 Å². The van der Waals surface area contributed by atoms with Gasteiger partial charge in [0.1, 0.15) is 6.04 Å². The number of carbonyl (C=O) groups is 1. The number of hydrogen-bond donors (Lipinski definition) is 1. The highest BCUT2D eigenvalue weighted by Crippen LogP contribution is 2.33. The number of halogens is 1. The number of nitrogens with one attached hydrogen (secondary N) is 1. The van der Waals surface area contributed by atoms with Crippen LogP contribution in [0.2, 0.25) is 5.02 Å². The van der Waals surface area contributed by atoms with Gasteiger partial charge in [0.15, 0.2) is 0 Å². The molecule has 1 fully saturated rings. The van der Waals surface area contributed by atoms with E-state index in [9.17, 15) is 4.79 Å². The molecule has 0 aliphatic carbocycles. The molecule has 0 radical (unpaired) electrons. The molecule has 3 nitrogen and oxygen atoms in total. The molecular formula is C12H14ClNO2S. The SMILES string of the molecule is CCOC(=O)C1CSC(c2ccc(Cl)cc2)N1.